The van der Waals surface area contributed by atoms with Crippen LogP contribution in [0.2, 0.25) is 0 Å². The molecule has 0 spiro atoms. The molecule has 0 heterocycles. The third-order valence-electron chi connectivity index (χ3n) is 2.77. The first-order valence-electron chi connectivity index (χ1n) is 6.15. The van der Waals surface area contributed by atoms with Gasteiger partial charge in [0.2, 0.25) is 10.0 Å². The van der Waals surface area contributed by atoms with E-state index in [0.717, 1.165) is 5.56 Å². The Bertz CT molecular complexity index is 637. The van der Waals surface area contributed by atoms with Gasteiger partial charge in [-0.25, -0.2) is 21.6 Å². The maximum atomic E-state index is 11.5. The van der Waals surface area contributed by atoms with Gasteiger partial charge in [0.25, 0.3) is 9.05 Å². The lowest BCUT2D eigenvalue weighted by atomic mass is 10.1. The third-order valence-corrected chi connectivity index (χ3v) is 5.99. The molecule has 0 saturated carbocycles. The zero-order valence-corrected chi connectivity index (χ0v) is 13.7. The Morgan fingerprint density at radius 1 is 1.10 bits per heavy atom. The number of sulfonamides is 1. The van der Waals surface area contributed by atoms with Crippen LogP contribution in [0.25, 0.3) is 0 Å². The topological polar surface area (TPSA) is 80.3 Å². The number of benzene rings is 1. The summed E-state index contributed by atoms with van der Waals surface area (Å²) < 4.78 is 47.7. The third kappa shape index (κ3) is 5.40. The molecule has 0 aliphatic carbocycles. The Morgan fingerprint density at radius 3 is 2.10 bits per heavy atom. The van der Waals surface area contributed by atoms with Gasteiger partial charge in [-0.15, -0.1) is 0 Å². The number of aryl methyl sites for hydroxylation is 1. The molecule has 1 aromatic carbocycles. The Balaban J connectivity index is 2.48. The first kappa shape index (κ1) is 17.4. The Morgan fingerprint density at radius 2 is 1.65 bits per heavy atom. The minimum atomic E-state index is -3.69. The van der Waals surface area contributed by atoms with Crippen molar-refractivity contribution < 1.29 is 16.8 Å². The Kier molecular flexibility index (Phi) is 6.00. The lowest BCUT2D eigenvalue weighted by Crippen LogP contribution is -2.31. The summed E-state index contributed by atoms with van der Waals surface area (Å²) in [6.07, 6.45) is 1.29. The molecule has 20 heavy (non-hydrogen) atoms. The molecule has 0 saturated heterocycles. The van der Waals surface area contributed by atoms with Crippen LogP contribution < -0.4 is 4.72 Å². The quantitative estimate of drug-likeness (QED) is 0.607. The van der Waals surface area contributed by atoms with Crippen molar-refractivity contribution in [1.29, 1.82) is 0 Å². The summed E-state index contributed by atoms with van der Waals surface area (Å²) in [5.74, 6) is 0. The molecule has 0 fully saturated rings. The van der Waals surface area contributed by atoms with Crippen molar-refractivity contribution in [3.05, 3.63) is 29.8 Å². The van der Waals surface area contributed by atoms with Crippen molar-refractivity contribution in [2.45, 2.75) is 36.8 Å². The molecule has 8 heteroatoms. The van der Waals surface area contributed by atoms with Gasteiger partial charge in [-0.05, 0) is 44.4 Å². The number of hydrogen-bond acceptors (Lipinski definition) is 4. The second-order valence-electron chi connectivity index (χ2n) is 4.67. The van der Waals surface area contributed by atoms with Gasteiger partial charge in [-0.3, -0.25) is 0 Å². The molecule has 0 amide bonds. The van der Waals surface area contributed by atoms with Crippen molar-refractivity contribution in [2.24, 2.45) is 0 Å². The van der Waals surface area contributed by atoms with Crippen molar-refractivity contribution in [3.63, 3.8) is 0 Å². The number of hydrogen-bond donors (Lipinski definition) is 1. The second-order valence-corrected chi connectivity index (χ2v) is 9.56. The summed E-state index contributed by atoms with van der Waals surface area (Å²) in [7, 11) is -1.71. The van der Waals surface area contributed by atoms with Crippen LogP contribution in [-0.4, -0.2) is 28.6 Å². The highest BCUT2D eigenvalue weighted by atomic mass is 35.7. The summed E-state index contributed by atoms with van der Waals surface area (Å²) in [6, 6.07) is 6.23. The monoisotopic (exact) mass is 339 g/mol. The van der Waals surface area contributed by atoms with E-state index in [-0.39, 0.29) is 4.90 Å². The highest BCUT2D eigenvalue weighted by Gasteiger charge is 2.14. The van der Waals surface area contributed by atoms with E-state index in [1.807, 2.05) is 0 Å². The standard InChI is InChI=1S/C12H18ClNO4S2/c1-10(2)20(17,18)14-9-3-4-11-5-7-12(8-6-11)19(13,15)16/h5-8,10,14H,3-4,9H2,1-2H3. The fourth-order valence-electron chi connectivity index (χ4n) is 1.49. The lowest BCUT2D eigenvalue weighted by molar-refractivity contribution is 0.570. The maximum absolute atomic E-state index is 11.5. The van der Waals surface area contributed by atoms with E-state index in [9.17, 15) is 16.8 Å². The molecule has 0 aliphatic heterocycles. The van der Waals surface area contributed by atoms with Crippen LogP contribution in [0.1, 0.15) is 25.8 Å². The minimum Gasteiger partial charge on any atom is -0.215 e. The second kappa shape index (κ2) is 6.89. The molecule has 0 aliphatic rings. The highest BCUT2D eigenvalue weighted by molar-refractivity contribution is 8.13. The molecule has 114 valence electrons. The summed E-state index contributed by atoms with van der Waals surface area (Å²) in [6.45, 7) is 3.59. The fourth-order valence-corrected chi connectivity index (χ4v) is 3.02. The molecule has 1 aromatic rings. The molecule has 0 aromatic heterocycles. The SMILES string of the molecule is CC(C)S(=O)(=O)NCCCc1ccc(S(=O)(=O)Cl)cc1. The largest absolute Gasteiger partial charge is 0.261 e. The van der Waals surface area contributed by atoms with Crippen LogP contribution in [-0.2, 0) is 25.5 Å². The Labute approximate surface area is 124 Å². The first-order valence-corrected chi connectivity index (χ1v) is 10.0. The van der Waals surface area contributed by atoms with Gasteiger partial charge in [-0.2, -0.15) is 0 Å². The van der Waals surface area contributed by atoms with E-state index < -0.39 is 24.3 Å². The van der Waals surface area contributed by atoms with E-state index in [2.05, 4.69) is 4.72 Å². The van der Waals surface area contributed by atoms with Crippen molar-refractivity contribution >= 4 is 29.8 Å². The molecular formula is C12H18ClNO4S2. The van der Waals surface area contributed by atoms with Gasteiger partial charge in [0.15, 0.2) is 0 Å². The van der Waals surface area contributed by atoms with Gasteiger partial charge in [-0.1, -0.05) is 12.1 Å². The predicted octanol–water partition coefficient (Wildman–Crippen LogP) is 1.87. The van der Waals surface area contributed by atoms with Crippen LogP contribution in [0.4, 0.5) is 0 Å². The number of rotatable bonds is 7. The van der Waals surface area contributed by atoms with Gasteiger partial charge in [0, 0.05) is 17.2 Å². The van der Waals surface area contributed by atoms with E-state index in [1.165, 1.54) is 12.1 Å². The fraction of sp³-hybridized carbons (Fsp3) is 0.500. The zero-order valence-electron chi connectivity index (χ0n) is 11.3. The smallest absolute Gasteiger partial charge is 0.215 e. The summed E-state index contributed by atoms with van der Waals surface area (Å²) in [5.41, 5.74) is 0.929. The molecular weight excluding hydrogens is 322 g/mol. The van der Waals surface area contributed by atoms with E-state index in [4.69, 9.17) is 10.7 Å². The molecule has 0 unspecified atom stereocenters. The van der Waals surface area contributed by atoms with E-state index in [1.54, 1.807) is 26.0 Å². The average Bonchev–Trinajstić information content (AvgIpc) is 2.34. The molecule has 1 N–H and O–H groups in total. The molecule has 5 nitrogen and oxygen atoms in total. The lowest BCUT2D eigenvalue weighted by Gasteiger charge is -2.09. The van der Waals surface area contributed by atoms with Crippen molar-refractivity contribution in [1.82, 2.24) is 4.72 Å². The Hall–Kier alpha value is -0.630. The van der Waals surface area contributed by atoms with Crippen molar-refractivity contribution in [3.8, 4) is 0 Å². The minimum absolute atomic E-state index is 0.0587. The van der Waals surface area contributed by atoms with E-state index >= 15 is 0 Å². The van der Waals surface area contributed by atoms with Crippen LogP contribution >= 0.6 is 10.7 Å². The van der Waals surface area contributed by atoms with Gasteiger partial charge in [0.05, 0.1) is 10.1 Å². The van der Waals surface area contributed by atoms with Crippen LogP contribution in [0, 0.1) is 0 Å². The van der Waals surface area contributed by atoms with Gasteiger partial charge in [0.1, 0.15) is 0 Å². The molecule has 1 rings (SSSR count). The average molecular weight is 340 g/mol. The molecule has 0 bridgehead atoms. The van der Waals surface area contributed by atoms with Crippen LogP contribution in [0.15, 0.2) is 29.2 Å². The first-order chi connectivity index (χ1) is 9.13. The number of halogens is 1. The van der Waals surface area contributed by atoms with Gasteiger partial charge >= 0.3 is 0 Å². The summed E-state index contributed by atoms with van der Waals surface area (Å²) in [5, 5.41) is -0.448. The van der Waals surface area contributed by atoms with E-state index in [0.29, 0.717) is 19.4 Å². The van der Waals surface area contributed by atoms with Crippen molar-refractivity contribution in [2.75, 3.05) is 6.54 Å². The number of nitrogens with one attached hydrogen (secondary N) is 1. The molecule has 0 radical (unpaired) electrons. The highest BCUT2D eigenvalue weighted by Crippen LogP contribution is 2.15. The summed E-state index contributed by atoms with van der Waals surface area (Å²) >= 11 is 0. The normalized spacial score (nSPS) is 12.8. The van der Waals surface area contributed by atoms with Crippen LogP contribution in [0.3, 0.4) is 0 Å². The summed E-state index contributed by atoms with van der Waals surface area (Å²) in [4.78, 5) is 0.0587. The molecule has 0 atom stereocenters. The zero-order chi connectivity index (χ0) is 15.4. The maximum Gasteiger partial charge on any atom is 0.261 e. The van der Waals surface area contributed by atoms with Gasteiger partial charge < -0.3 is 0 Å². The van der Waals surface area contributed by atoms with Crippen LogP contribution in [0.5, 0.6) is 0 Å². The predicted molar refractivity (Wildman–Crippen MR) is 79.9 cm³/mol.